The molecule has 1 N–H and O–H groups in total. The molecular weight excluding hydrogens is 324 g/mol. The predicted molar refractivity (Wildman–Crippen MR) is 104 cm³/mol. The summed E-state index contributed by atoms with van der Waals surface area (Å²) in [6, 6.07) is 18.6. The van der Waals surface area contributed by atoms with Crippen molar-refractivity contribution in [2.75, 3.05) is 18.0 Å². The molecular formula is C21H22N4O. The highest BCUT2D eigenvalue weighted by Gasteiger charge is 2.22. The van der Waals surface area contributed by atoms with Crippen molar-refractivity contribution in [1.29, 1.82) is 0 Å². The minimum Gasteiger partial charge on any atom is -0.353 e. The van der Waals surface area contributed by atoms with Crippen LogP contribution >= 0.6 is 0 Å². The van der Waals surface area contributed by atoms with Crippen LogP contribution in [0.4, 0.5) is 5.95 Å². The molecule has 5 nitrogen and oxygen atoms in total. The molecule has 0 saturated carbocycles. The van der Waals surface area contributed by atoms with Crippen molar-refractivity contribution in [3.8, 4) is 11.3 Å². The lowest BCUT2D eigenvalue weighted by atomic mass is 10.0. The van der Waals surface area contributed by atoms with E-state index in [1.54, 1.807) is 6.92 Å². The molecule has 1 fully saturated rings. The maximum Gasteiger partial charge on any atom is 0.226 e. The van der Waals surface area contributed by atoms with Gasteiger partial charge in [0.25, 0.3) is 0 Å². The van der Waals surface area contributed by atoms with Crippen LogP contribution in [-0.2, 0) is 4.79 Å². The second-order valence-corrected chi connectivity index (χ2v) is 6.72. The van der Waals surface area contributed by atoms with Crippen LogP contribution in [0.25, 0.3) is 22.2 Å². The number of amides is 1. The van der Waals surface area contributed by atoms with Gasteiger partial charge in [0, 0.05) is 37.0 Å². The molecule has 0 spiro atoms. The van der Waals surface area contributed by atoms with Gasteiger partial charge < -0.3 is 10.2 Å². The third kappa shape index (κ3) is 3.38. The number of piperidine rings is 1. The number of nitrogens with one attached hydrogen (secondary N) is 1. The summed E-state index contributed by atoms with van der Waals surface area (Å²) in [6.07, 6.45) is 1.83. The zero-order valence-electron chi connectivity index (χ0n) is 14.9. The van der Waals surface area contributed by atoms with Gasteiger partial charge >= 0.3 is 0 Å². The maximum atomic E-state index is 11.3. The molecule has 0 radical (unpaired) electrons. The maximum absolute atomic E-state index is 11.3. The highest BCUT2D eigenvalue weighted by molar-refractivity contribution is 5.93. The second-order valence-electron chi connectivity index (χ2n) is 6.72. The van der Waals surface area contributed by atoms with Crippen LogP contribution in [-0.4, -0.2) is 35.0 Å². The van der Waals surface area contributed by atoms with Crippen molar-refractivity contribution in [1.82, 2.24) is 15.3 Å². The molecule has 1 aliphatic heterocycles. The van der Waals surface area contributed by atoms with E-state index in [-0.39, 0.29) is 11.9 Å². The Hall–Kier alpha value is -2.95. The Balaban J connectivity index is 1.68. The lowest BCUT2D eigenvalue weighted by molar-refractivity contribution is -0.119. The average molecular weight is 346 g/mol. The largest absolute Gasteiger partial charge is 0.353 e. The molecule has 4 rings (SSSR count). The number of carbonyl (C=O) groups excluding carboxylic acids is 1. The van der Waals surface area contributed by atoms with Gasteiger partial charge in [0.05, 0.1) is 11.2 Å². The zero-order valence-corrected chi connectivity index (χ0v) is 14.9. The van der Waals surface area contributed by atoms with E-state index in [9.17, 15) is 4.79 Å². The highest BCUT2D eigenvalue weighted by Crippen LogP contribution is 2.29. The van der Waals surface area contributed by atoms with Crippen LogP contribution < -0.4 is 10.2 Å². The average Bonchev–Trinajstić information content (AvgIpc) is 2.68. The number of para-hydroxylation sites is 1. The number of carbonyl (C=O) groups is 1. The Kier molecular flexibility index (Phi) is 4.52. The molecule has 0 atom stereocenters. The standard InChI is InChI=1S/C21H22N4O/c1-15(26)22-17-11-13-25(14-12-17)21-23-19-10-6-5-9-18(19)20(24-21)16-7-3-2-4-8-16/h2-10,17H,11-14H2,1H3,(H,22,26). The summed E-state index contributed by atoms with van der Waals surface area (Å²) in [6.45, 7) is 3.26. The summed E-state index contributed by atoms with van der Waals surface area (Å²) in [5, 5.41) is 4.08. The number of rotatable bonds is 3. The first-order chi connectivity index (χ1) is 12.7. The number of nitrogens with zero attached hydrogens (tertiary/aromatic N) is 3. The molecule has 1 aromatic heterocycles. The van der Waals surface area contributed by atoms with E-state index in [1.165, 1.54) is 0 Å². The van der Waals surface area contributed by atoms with Gasteiger partial charge in [-0.05, 0) is 18.9 Å². The van der Waals surface area contributed by atoms with Crippen LogP contribution in [0.15, 0.2) is 54.6 Å². The number of benzene rings is 2. The number of anilines is 1. The van der Waals surface area contributed by atoms with Crippen LogP contribution in [0.1, 0.15) is 19.8 Å². The quantitative estimate of drug-likeness (QED) is 0.790. The summed E-state index contributed by atoms with van der Waals surface area (Å²) >= 11 is 0. The number of hydrogen-bond acceptors (Lipinski definition) is 4. The van der Waals surface area contributed by atoms with E-state index in [0.29, 0.717) is 0 Å². The minimum absolute atomic E-state index is 0.0387. The highest BCUT2D eigenvalue weighted by atomic mass is 16.1. The molecule has 0 aliphatic carbocycles. The summed E-state index contributed by atoms with van der Waals surface area (Å²) in [5.41, 5.74) is 3.02. The van der Waals surface area contributed by atoms with Gasteiger partial charge in [-0.3, -0.25) is 4.79 Å². The van der Waals surface area contributed by atoms with E-state index < -0.39 is 0 Å². The normalized spacial score (nSPS) is 15.2. The molecule has 132 valence electrons. The molecule has 1 aliphatic rings. The topological polar surface area (TPSA) is 58.1 Å². The molecule has 2 aromatic carbocycles. The summed E-state index contributed by atoms with van der Waals surface area (Å²) in [5.74, 6) is 0.806. The zero-order chi connectivity index (χ0) is 17.9. The Morgan fingerprint density at radius 2 is 1.69 bits per heavy atom. The minimum atomic E-state index is 0.0387. The van der Waals surface area contributed by atoms with E-state index in [4.69, 9.17) is 9.97 Å². The molecule has 1 saturated heterocycles. The molecule has 5 heteroatoms. The third-order valence-corrected chi connectivity index (χ3v) is 4.82. The Bertz CT molecular complexity index is 918. The summed E-state index contributed by atoms with van der Waals surface area (Å²) < 4.78 is 0. The Labute approximate surface area is 153 Å². The first-order valence-electron chi connectivity index (χ1n) is 9.05. The lowest BCUT2D eigenvalue weighted by Crippen LogP contribution is -2.44. The van der Waals surface area contributed by atoms with Crippen molar-refractivity contribution in [2.24, 2.45) is 0 Å². The van der Waals surface area contributed by atoms with Crippen molar-refractivity contribution in [2.45, 2.75) is 25.8 Å². The molecule has 26 heavy (non-hydrogen) atoms. The Morgan fingerprint density at radius 1 is 1.00 bits per heavy atom. The van der Waals surface area contributed by atoms with Gasteiger partial charge in [0.15, 0.2) is 0 Å². The van der Waals surface area contributed by atoms with Crippen LogP contribution in [0.3, 0.4) is 0 Å². The van der Waals surface area contributed by atoms with Gasteiger partial charge in [0.1, 0.15) is 0 Å². The summed E-state index contributed by atoms with van der Waals surface area (Å²) in [4.78, 5) is 23.2. The Morgan fingerprint density at radius 3 is 2.42 bits per heavy atom. The fraction of sp³-hybridized carbons (Fsp3) is 0.286. The van der Waals surface area contributed by atoms with E-state index in [0.717, 1.165) is 54.0 Å². The molecule has 2 heterocycles. The number of fused-ring (bicyclic) bond motifs is 1. The van der Waals surface area contributed by atoms with Gasteiger partial charge in [-0.1, -0.05) is 48.5 Å². The van der Waals surface area contributed by atoms with Gasteiger partial charge in [0.2, 0.25) is 11.9 Å². The second kappa shape index (κ2) is 7.12. The van der Waals surface area contributed by atoms with Crippen LogP contribution in [0, 0.1) is 0 Å². The van der Waals surface area contributed by atoms with E-state index in [1.807, 2.05) is 36.4 Å². The van der Waals surface area contributed by atoms with Gasteiger partial charge in [-0.2, -0.15) is 0 Å². The third-order valence-electron chi connectivity index (χ3n) is 4.82. The first-order valence-corrected chi connectivity index (χ1v) is 9.05. The van der Waals surface area contributed by atoms with Crippen molar-refractivity contribution in [3.63, 3.8) is 0 Å². The smallest absolute Gasteiger partial charge is 0.226 e. The van der Waals surface area contributed by atoms with Crippen LogP contribution in [0.5, 0.6) is 0 Å². The fourth-order valence-electron chi connectivity index (χ4n) is 3.53. The fourth-order valence-corrected chi connectivity index (χ4v) is 3.53. The van der Waals surface area contributed by atoms with Crippen molar-refractivity contribution in [3.05, 3.63) is 54.6 Å². The van der Waals surface area contributed by atoms with Gasteiger partial charge in [-0.25, -0.2) is 9.97 Å². The van der Waals surface area contributed by atoms with Crippen LogP contribution in [0.2, 0.25) is 0 Å². The number of hydrogen-bond donors (Lipinski definition) is 1. The predicted octanol–water partition coefficient (Wildman–Crippen LogP) is 3.40. The van der Waals surface area contributed by atoms with Crippen molar-refractivity contribution < 1.29 is 4.79 Å². The monoisotopic (exact) mass is 346 g/mol. The lowest BCUT2D eigenvalue weighted by Gasteiger charge is -2.32. The van der Waals surface area contributed by atoms with Crippen molar-refractivity contribution >= 4 is 22.8 Å². The molecule has 1 amide bonds. The summed E-state index contributed by atoms with van der Waals surface area (Å²) in [7, 11) is 0. The van der Waals surface area contributed by atoms with Gasteiger partial charge in [-0.15, -0.1) is 0 Å². The molecule has 0 unspecified atom stereocenters. The number of aromatic nitrogens is 2. The van der Waals surface area contributed by atoms with E-state index >= 15 is 0 Å². The SMILES string of the molecule is CC(=O)NC1CCN(c2nc(-c3ccccc3)c3ccccc3n2)CC1. The molecule has 3 aromatic rings. The first kappa shape index (κ1) is 16.5. The van der Waals surface area contributed by atoms with E-state index in [2.05, 4.69) is 28.4 Å². The molecule has 0 bridgehead atoms.